The van der Waals surface area contributed by atoms with Crippen LogP contribution in [-0.4, -0.2) is 47.0 Å². The third-order valence-electron chi connectivity index (χ3n) is 5.98. The Morgan fingerprint density at radius 2 is 1.62 bits per heavy atom. The van der Waals surface area contributed by atoms with E-state index in [9.17, 15) is 9.18 Å². The zero-order valence-electron chi connectivity index (χ0n) is 18.9. The Morgan fingerprint density at radius 3 is 2.34 bits per heavy atom. The maximum Gasteiger partial charge on any atom is 0.253 e. The molecule has 4 rings (SSSR count). The number of amides is 1. The summed E-state index contributed by atoms with van der Waals surface area (Å²) in [6, 6.07) is 14.3. The van der Waals surface area contributed by atoms with Gasteiger partial charge in [-0.05, 0) is 57.0 Å². The predicted octanol–water partition coefficient (Wildman–Crippen LogP) is 4.48. The second kappa shape index (κ2) is 9.47. The average Bonchev–Trinajstić information content (AvgIpc) is 3.03. The van der Waals surface area contributed by atoms with Crippen LogP contribution in [0.3, 0.4) is 0 Å². The Labute approximate surface area is 188 Å². The summed E-state index contributed by atoms with van der Waals surface area (Å²) < 4.78 is 13.2. The van der Waals surface area contributed by atoms with Crippen molar-refractivity contribution >= 4 is 11.7 Å². The van der Waals surface area contributed by atoms with Gasteiger partial charge < -0.3 is 9.80 Å². The van der Waals surface area contributed by atoms with E-state index in [4.69, 9.17) is 4.98 Å². The van der Waals surface area contributed by atoms with E-state index in [-0.39, 0.29) is 11.7 Å². The number of carbonyl (C=O) groups excluding carboxylic acids is 1. The number of aryl methyl sites for hydroxylation is 3. The minimum atomic E-state index is -0.334. The smallest absolute Gasteiger partial charge is 0.253 e. The highest BCUT2D eigenvalue weighted by Crippen LogP contribution is 2.25. The molecule has 3 aromatic rings. The summed E-state index contributed by atoms with van der Waals surface area (Å²) in [6.45, 7) is 8.85. The monoisotopic (exact) mass is 432 g/mol. The summed E-state index contributed by atoms with van der Waals surface area (Å²) >= 11 is 0. The van der Waals surface area contributed by atoms with Gasteiger partial charge in [0.05, 0.1) is 0 Å². The highest BCUT2D eigenvalue weighted by Gasteiger charge is 2.23. The maximum absolute atomic E-state index is 13.2. The largest absolute Gasteiger partial charge is 0.354 e. The fourth-order valence-corrected chi connectivity index (χ4v) is 4.20. The van der Waals surface area contributed by atoms with E-state index in [0.29, 0.717) is 25.2 Å². The molecule has 1 aliphatic heterocycles. The first-order valence-electron chi connectivity index (χ1n) is 11.1. The molecule has 0 saturated carbocycles. The standard InChI is InChI=1S/C26H29FN4O/c1-18-5-7-21(8-6-18)17-24-19(2)28-20(3)29-25(24)30-13-4-14-31(16-15-30)26(32)22-9-11-23(27)12-10-22/h5-12H,4,13-17H2,1-3H3. The van der Waals surface area contributed by atoms with Crippen LogP contribution in [-0.2, 0) is 6.42 Å². The fourth-order valence-electron chi connectivity index (χ4n) is 4.20. The lowest BCUT2D eigenvalue weighted by Gasteiger charge is -2.26. The lowest BCUT2D eigenvalue weighted by atomic mass is 10.0. The SMILES string of the molecule is Cc1ccc(Cc2c(C)nc(C)nc2N2CCCN(C(=O)c3ccc(F)cc3)CC2)cc1. The summed E-state index contributed by atoms with van der Waals surface area (Å²) in [5, 5.41) is 0. The minimum Gasteiger partial charge on any atom is -0.354 e. The first-order valence-corrected chi connectivity index (χ1v) is 11.1. The topological polar surface area (TPSA) is 49.3 Å². The molecule has 0 aliphatic carbocycles. The summed E-state index contributed by atoms with van der Waals surface area (Å²) in [6.07, 6.45) is 1.62. The number of nitrogens with zero attached hydrogens (tertiary/aromatic N) is 4. The lowest BCUT2D eigenvalue weighted by molar-refractivity contribution is 0.0767. The van der Waals surface area contributed by atoms with Gasteiger partial charge in [0.15, 0.2) is 0 Å². The van der Waals surface area contributed by atoms with Crippen LogP contribution < -0.4 is 4.90 Å². The molecule has 1 aromatic heterocycles. The van der Waals surface area contributed by atoms with Crippen molar-refractivity contribution in [2.75, 3.05) is 31.1 Å². The second-order valence-corrected chi connectivity index (χ2v) is 8.46. The molecule has 2 heterocycles. The lowest BCUT2D eigenvalue weighted by Crippen LogP contribution is -2.35. The van der Waals surface area contributed by atoms with Crippen molar-refractivity contribution in [3.63, 3.8) is 0 Å². The number of anilines is 1. The molecule has 0 atom stereocenters. The molecular formula is C26H29FN4O. The molecule has 1 fully saturated rings. The molecule has 1 saturated heterocycles. The first-order chi connectivity index (χ1) is 15.4. The van der Waals surface area contributed by atoms with E-state index in [1.54, 1.807) is 12.1 Å². The number of hydrogen-bond donors (Lipinski definition) is 0. The summed E-state index contributed by atoms with van der Waals surface area (Å²) in [5.41, 5.74) is 5.13. The third-order valence-corrected chi connectivity index (χ3v) is 5.98. The van der Waals surface area contributed by atoms with Crippen LogP contribution in [0.15, 0.2) is 48.5 Å². The normalized spacial score (nSPS) is 14.4. The van der Waals surface area contributed by atoms with Gasteiger partial charge >= 0.3 is 0 Å². The first kappa shape index (κ1) is 21.9. The molecule has 0 bridgehead atoms. The van der Waals surface area contributed by atoms with Crippen molar-refractivity contribution in [3.05, 3.63) is 88.1 Å². The third kappa shape index (κ3) is 4.96. The molecule has 5 nitrogen and oxygen atoms in total. The number of benzene rings is 2. The van der Waals surface area contributed by atoms with E-state index >= 15 is 0 Å². The van der Waals surface area contributed by atoms with Gasteiger partial charge in [-0.15, -0.1) is 0 Å². The second-order valence-electron chi connectivity index (χ2n) is 8.46. The zero-order chi connectivity index (χ0) is 22.7. The number of halogens is 1. The van der Waals surface area contributed by atoms with Gasteiger partial charge in [0.25, 0.3) is 5.91 Å². The van der Waals surface area contributed by atoms with Gasteiger partial charge in [0, 0.05) is 49.4 Å². The number of aromatic nitrogens is 2. The Kier molecular flexibility index (Phi) is 6.49. The van der Waals surface area contributed by atoms with Crippen LogP contribution >= 0.6 is 0 Å². The van der Waals surface area contributed by atoms with Crippen LogP contribution in [0, 0.1) is 26.6 Å². The van der Waals surface area contributed by atoms with Crippen LogP contribution in [0.25, 0.3) is 0 Å². The highest BCUT2D eigenvalue weighted by atomic mass is 19.1. The van der Waals surface area contributed by atoms with Crippen molar-refractivity contribution in [2.45, 2.75) is 33.6 Å². The van der Waals surface area contributed by atoms with Crippen LogP contribution in [0.1, 0.15) is 45.0 Å². The number of hydrogen-bond acceptors (Lipinski definition) is 4. The quantitative estimate of drug-likeness (QED) is 0.610. The van der Waals surface area contributed by atoms with E-state index in [2.05, 4.69) is 41.1 Å². The molecule has 0 unspecified atom stereocenters. The molecule has 6 heteroatoms. The van der Waals surface area contributed by atoms with Crippen LogP contribution in [0.2, 0.25) is 0 Å². The van der Waals surface area contributed by atoms with Crippen molar-refractivity contribution in [3.8, 4) is 0 Å². The molecule has 2 aromatic carbocycles. The van der Waals surface area contributed by atoms with Gasteiger partial charge in [-0.2, -0.15) is 0 Å². The molecule has 0 radical (unpaired) electrons. The predicted molar refractivity (Wildman–Crippen MR) is 125 cm³/mol. The van der Waals surface area contributed by atoms with Gasteiger partial charge in [-0.1, -0.05) is 29.8 Å². The molecule has 166 valence electrons. The van der Waals surface area contributed by atoms with E-state index in [1.807, 2.05) is 18.7 Å². The summed E-state index contributed by atoms with van der Waals surface area (Å²) in [4.78, 5) is 26.5. The van der Waals surface area contributed by atoms with Crippen LogP contribution in [0.4, 0.5) is 10.2 Å². The van der Waals surface area contributed by atoms with E-state index in [0.717, 1.165) is 42.3 Å². The van der Waals surface area contributed by atoms with Crippen molar-refractivity contribution in [1.82, 2.24) is 14.9 Å². The number of carbonyl (C=O) groups is 1. The maximum atomic E-state index is 13.2. The van der Waals surface area contributed by atoms with Crippen molar-refractivity contribution < 1.29 is 9.18 Å². The Bertz CT molecular complexity index is 1100. The van der Waals surface area contributed by atoms with E-state index < -0.39 is 0 Å². The Balaban J connectivity index is 1.55. The summed E-state index contributed by atoms with van der Waals surface area (Å²) in [7, 11) is 0. The van der Waals surface area contributed by atoms with Crippen LogP contribution in [0.5, 0.6) is 0 Å². The van der Waals surface area contributed by atoms with Crippen molar-refractivity contribution in [1.29, 1.82) is 0 Å². The molecule has 32 heavy (non-hydrogen) atoms. The molecule has 1 aliphatic rings. The molecular weight excluding hydrogens is 403 g/mol. The Morgan fingerprint density at radius 1 is 0.906 bits per heavy atom. The average molecular weight is 433 g/mol. The van der Waals surface area contributed by atoms with Gasteiger partial charge in [-0.25, -0.2) is 14.4 Å². The summed E-state index contributed by atoms with van der Waals surface area (Å²) in [5.74, 6) is 1.33. The number of rotatable bonds is 4. The Hall–Kier alpha value is -3.28. The molecule has 1 amide bonds. The minimum absolute atomic E-state index is 0.0539. The van der Waals surface area contributed by atoms with Gasteiger partial charge in [-0.3, -0.25) is 4.79 Å². The van der Waals surface area contributed by atoms with Crippen molar-refractivity contribution in [2.24, 2.45) is 0 Å². The zero-order valence-corrected chi connectivity index (χ0v) is 18.9. The fraction of sp³-hybridized carbons (Fsp3) is 0.346. The van der Waals surface area contributed by atoms with E-state index in [1.165, 1.54) is 23.3 Å². The van der Waals surface area contributed by atoms with Gasteiger partial charge in [0.1, 0.15) is 17.5 Å². The highest BCUT2D eigenvalue weighted by molar-refractivity contribution is 5.94. The molecule has 0 spiro atoms. The molecule has 0 N–H and O–H groups in total. The van der Waals surface area contributed by atoms with Gasteiger partial charge in [0.2, 0.25) is 0 Å².